The van der Waals surface area contributed by atoms with Crippen LogP contribution in [-0.2, 0) is 23.2 Å². The number of aromatic nitrogens is 2. The summed E-state index contributed by atoms with van der Waals surface area (Å²) in [6, 6.07) is 7.93. The van der Waals surface area contributed by atoms with Gasteiger partial charge in [0, 0.05) is 42.8 Å². The Morgan fingerprint density at radius 2 is 1.81 bits per heavy atom. The molecule has 7 nitrogen and oxygen atoms in total. The fourth-order valence-electron chi connectivity index (χ4n) is 4.39. The Balaban J connectivity index is 1.51. The van der Waals surface area contributed by atoms with Crippen LogP contribution in [0.15, 0.2) is 42.6 Å². The van der Waals surface area contributed by atoms with E-state index in [1.807, 2.05) is 6.07 Å². The van der Waals surface area contributed by atoms with Crippen molar-refractivity contribution in [1.29, 1.82) is 0 Å². The molecule has 1 fully saturated rings. The van der Waals surface area contributed by atoms with Gasteiger partial charge in [-0.05, 0) is 41.8 Å². The van der Waals surface area contributed by atoms with Crippen LogP contribution >= 0.6 is 0 Å². The van der Waals surface area contributed by atoms with Gasteiger partial charge in [-0.3, -0.25) is 24.4 Å². The Morgan fingerprint density at radius 3 is 2.56 bits per heavy atom. The molecule has 2 aromatic carbocycles. The van der Waals surface area contributed by atoms with Gasteiger partial charge in [0.2, 0.25) is 11.8 Å². The van der Waals surface area contributed by atoms with Gasteiger partial charge in [0.05, 0.1) is 11.9 Å². The summed E-state index contributed by atoms with van der Waals surface area (Å²) in [5.74, 6) is -2.44. The summed E-state index contributed by atoms with van der Waals surface area (Å²) in [5.41, 5.74) is 3.25. The average Bonchev–Trinajstić information content (AvgIpc) is 3.28. The van der Waals surface area contributed by atoms with E-state index in [9.17, 15) is 23.2 Å². The molecule has 0 saturated carbocycles. The highest BCUT2D eigenvalue weighted by atomic mass is 19.1. The Labute approximate surface area is 181 Å². The lowest BCUT2D eigenvalue weighted by molar-refractivity contribution is -0.136. The highest BCUT2D eigenvalue weighted by Gasteiger charge is 2.39. The number of imide groups is 1. The number of halogens is 2. The maximum absolute atomic E-state index is 14.5. The highest BCUT2D eigenvalue weighted by molar-refractivity contribution is 6.05. The number of hydrogen-bond donors (Lipinski definition) is 1. The second kappa shape index (κ2) is 7.37. The monoisotopic (exact) mass is 436 g/mol. The van der Waals surface area contributed by atoms with E-state index in [4.69, 9.17) is 0 Å². The maximum atomic E-state index is 14.5. The van der Waals surface area contributed by atoms with Crippen molar-refractivity contribution in [2.75, 3.05) is 0 Å². The maximum Gasteiger partial charge on any atom is 0.255 e. The van der Waals surface area contributed by atoms with Gasteiger partial charge in [0.1, 0.15) is 17.7 Å². The molecule has 3 amide bonds. The molecular formula is C23H18F2N4O3. The fourth-order valence-corrected chi connectivity index (χ4v) is 4.39. The van der Waals surface area contributed by atoms with Crippen molar-refractivity contribution >= 4 is 17.7 Å². The molecule has 2 aliphatic rings. The number of carbonyl (C=O) groups excluding carboxylic acids is 3. The third kappa shape index (κ3) is 3.17. The zero-order valence-corrected chi connectivity index (χ0v) is 17.1. The summed E-state index contributed by atoms with van der Waals surface area (Å²) in [5, 5.41) is 6.52. The van der Waals surface area contributed by atoms with Crippen molar-refractivity contribution in [3.05, 3.63) is 65.4 Å². The lowest BCUT2D eigenvalue weighted by atomic mass is 9.98. The van der Waals surface area contributed by atoms with Crippen LogP contribution in [0.4, 0.5) is 8.78 Å². The number of benzene rings is 2. The quantitative estimate of drug-likeness (QED) is 0.640. The molecule has 3 aromatic rings. The molecule has 162 valence electrons. The van der Waals surface area contributed by atoms with E-state index in [2.05, 4.69) is 10.4 Å². The van der Waals surface area contributed by atoms with Crippen molar-refractivity contribution in [2.24, 2.45) is 7.05 Å². The van der Waals surface area contributed by atoms with Crippen LogP contribution < -0.4 is 5.32 Å². The Morgan fingerprint density at radius 1 is 1.03 bits per heavy atom. The molecule has 2 aliphatic heterocycles. The normalized spacial score (nSPS) is 18.2. The molecule has 9 heteroatoms. The minimum absolute atomic E-state index is 0.185. The van der Waals surface area contributed by atoms with E-state index in [1.165, 1.54) is 21.7 Å². The molecule has 3 heterocycles. The average molecular weight is 436 g/mol. The number of nitrogens with one attached hydrogen (secondary N) is 1. The lowest BCUT2D eigenvalue weighted by Crippen LogP contribution is -2.52. The summed E-state index contributed by atoms with van der Waals surface area (Å²) in [6.45, 7) is 0.231. The van der Waals surface area contributed by atoms with E-state index in [0.717, 1.165) is 11.6 Å². The van der Waals surface area contributed by atoms with Crippen molar-refractivity contribution in [2.45, 2.75) is 25.4 Å². The standard InChI is InChI=1S/C23H18F2N4O3/c1-28-21(16-5-3-14(24)9-18(16)25)17(10-26-28)12-2-4-15-13(8-12)11-29(23(15)32)19-6-7-20(30)27-22(19)31/h2-5,8-10,19H,6-7,11H2,1H3,(H,27,30,31). The van der Waals surface area contributed by atoms with E-state index < -0.39 is 23.6 Å². The van der Waals surface area contributed by atoms with Gasteiger partial charge >= 0.3 is 0 Å². The molecule has 0 aliphatic carbocycles. The van der Waals surface area contributed by atoms with Gasteiger partial charge in [-0.15, -0.1) is 0 Å². The summed E-state index contributed by atoms with van der Waals surface area (Å²) in [6.07, 6.45) is 2.06. The van der Waals surface area contributed by atoms with E-state index in [0.29, 0.717) is 22.4 Å². The topological polar surface area (TPSA) is 84.3 Å². The molecule has 1 atom stereocenters. The minimum atomic E-state index is -0.699. The third-order valence-electron chi connectivity index (χ3n) is 5.96. The van der Waals surface area contributed by atoms with Crippen molar-refractivity contribution in [1.82, 2.24) is 20.0 Å². The molecule has 0 bridgehead atoms. The van der Waals surface area contributed by atoms with Gasteiger partial charge in [-0.2, -0.15) is 5.10 Å². The first kappa shape index (κ1) is 20.0. The van der Waals surface area contributed by atoms with Gasteiger partial charge in [-0.1, -0.05) is 6.07 Å². The van der Waals surface area contributed by atoms with E-state index >= 15 is 0 Å². The SMILES string of the molecule is Cn1ncc(-c2ccc3c(c2)CN(C2CCC(=O)NC2=O)C3=O)c1-c1ccc(F)cc1F. The number of amides is 3. The summed E-state index contributed by atoms with van der Waals surface area (Å²) in [4.78, 5) is 38.0. The third-order valence-corrected chi connectivity index (χ3v) is 5.96. The largest absolute Gasteiger partial charge is 0.322 e. The first-order valence-corrected chi connectivity index (χ1v) is 10.1. The molecular weight excluding hydrogens is 418 g/mol. The zero-order chi connectivity index (χ0) is 22.6. The summed E-state index contributed by atoms with van der Waals surface area (Å²) < 4.78 is 29.4. The van der Waals surface area contributed by atoms with Crippen LogP contribution in [0.3, 0.4) is 0 Å². The molecule has 1 unspecified atom stereocenters. The van der Waals surface area contributed by atoms with Crippen LogP contribution in [0.2, 0.25) is 0 Å². The van der Waals surface area contributed by atoms with Crippen LogP contribution in [0.1, 0.15) is 28.8 Å². The Hall–Kier alpha value is -3.88. The lowest BCUT2D eigenvalue weighted by Gasteiger charge is -2.29. The second-order valence-electron chi connectivity index (χ2n) is 7.93. The molecule has 5 rings (SSSR count). The minimum Gasteiger partial charge on any atom is -0.322 e. The number of aryl methyl sites for hydroxylation is 1. The van der Waals surface area contributed by atoms with Crippen molar-refractivity contribution < 1.29 is 23.2 Å². The number of piperidine rings is 1. The number of nitrogens with zero attached hydrogens (tertiary/aromatic N) is 3. The van der Waals surface area contributed by atoms with Gasteiger partial charge < -0.3 is 4.90 Å². The number of carbonyl (C=O) groups is 3. The summed E-state index contributed by atoms with van der Waals surface area (Å²) in [7, 11) is 1.67. The molecule has 0 spiro atoms. The van der Waals surface area contributed by atoms with Gasteiger partial charge in [0.15, 0.2) is 0 Å². The Kier molecular flexibility index (Phi) is 4.61. The van der Waals surface area contributed by atoms with Crippen LogP contribution in [0.25, 0.3) is 22.4 Å². The molecule has 1 saturated heterocycles. The van der Waals surface area contributed by atoms with E-state index in [1.54, 1.807) is 25.4 Å². The van der Waals surface area contributed by atoms with E-state index in [-0.39, 0.29) is 36.8 Å². The molecule has 32 heavy (non-hydrogen) atoms. The van der Waals surface area contributed by atoms with Crippen molar-refractivity contribution in [3.63, 3.8) is 0 Å². The molecule has 0 radical (unpaired) electrons. The zero-order valence-electron chi connectivity index (χ0n) is 17.1. The van der Waals surface area contributed by atoms with Crippen LogP contribution in [0, 0.1) is 11.6 Å². The Bertz CT molecular complexity index is 1300. The molecule has 1 N–H and O–H groups in total. The number of rotatable bonds is 3. The van der Waals surface area contributed by atoms with Crippen LogP contribution in [-0.4, -0.2) is 38.4 Å². The first-order valence-electron chi connectivity index (χ1n) is 10.1. The number of fused-ring (bicyclic) bond motifs is 1. The predicted octanol–water partition coefficient (Wildman–Crippen LogP) is 2.79. The fraction of sp³-hybridized carbons (Fsp3) is 0.217. The predicted molar refractivity (Wildman–Crippen MR) is 110 cm³/mol. The van der Waals surface area contributed by atoms with Crippen LogP contribution in [0.5, 0.6) is 0 Å². The van der Waals surface area contributed by atoms with Gasteiger partial charge in [-0.25, -0.2) is 8.78 Å². The first-order chi connectivity index (χ1) is 15.3. The van der Waals surface area contributed by atoms with Gasteiger partial charge in [0.25, 0.3) is 5.91 Å². The smallest absolute Gasteiger partial charge is 0.255 e. The summed E-state index contributed by atoms with van der Waals surface area (Å²) >= 11 is 0. The molecule has 1 aromatic heterocycles. The second-order valence-corrected chi connectivity index (χ2v) is 7.93. The highest BCUT2D eigenvalue weighted by Crippen LogP contribution is 2.36. The van der Waals surface area contributed by atoms with Crippen molar-refractivity contribution in [3.8, 4) is 22.4 Å². The number of hydrogen-bond acceptors (Lipinski definition) is 4.